The molecule has 0 spiro atoms. The maximum atomic E-state index is 12.2. The molecule has 7 heteroatoms. The van der Waals surface area contributed by atoms with Crippen molar-refractivity contribution >= 4 is 23.4 Å². The molecule has 2 heterocycles. The average molecular weight is 303 g/mol. The third-order valence-corrected chi connectivity index (χ3v) is 4.15. The van der Waals surface area contributed by atoms with E-state index in [1.807, 2.05) is 0 Å². The molecule has 1 fully saturated rings. The maximum absolute atomic E-state index is 12.2. The number of imidazole rings is 1. The first-order valence-corrected chi connectivity index (χ1v) is 7.16. The molecule has 7 nitrogen and oxygen atoms in total. The molecular weight excluding hydrogens is 286 g/mol. The smallest absolute Gasteiger partial charge is 0.337 e. The fourth-order valence-corrected chi connectivity index (χ4v) is 2.99. The normalized spacial score (nSPS) is 16.0. The number of aromatic nitrogens is 2. The molecule has 0 radical (unpaired) electrons. The number of rotatable bonds is 3. The monoisotopic (exact) mass is 303 g/mol. The Labute approximate surface area is 126 Å². The summed E-state index contributed by atoms with van der Waals surface area (Å²) in [5.74, 6) is -0.435. The number of aromatic amines is 1. The minimum atomic E-state index is -0.435. The van der Waals surface area contributed by atoms with Crippen LogP contribution in [0, 0.1) is 0 Å². The van der Waals surface area contributed by atoms with Crippen LogP contribution in [-0.4, -0.2) is 47.0 Å². The van der Waals surface area contributed by atoms with Crippen molar-refractivity contribution in [3.63, 3.8) is 0 Å². The van der Waals surface area contributed by atoms with Gasteiger partial charge >= 0.3 is 11.7 Å². The predicted molar refractivity (Wildman–Crippen MR) is 79.8 cm³/mol. The second-order valence-corrected chi connectivity index (χ2v) is 5.40. The van der Waals surface area contributed by atoms with E-state index < -0.39 is 5.97 Å². The summed E-state index contributed by atoms with van der Waals surface area (Å²) in [7, 11) is 1.32. The summed E-state index contributed by atoms with van der Waals surface area (Å²) in [6, 6.07) is 5.09. The second-order valence-electron chi connectivity index (χ2n) is 5.40. The summed E-state index contributed by atoms with van der Waals surface area (Å²) in [5, 5.41) is 0. The third kappa shape index (κ3) is 2.38. The number of ether oxygens (including phenoxy) is 1. The molecule has 0 saturated carbocycles. The highest BCUT2D eigenvalue weighted by atomic mass is 16.5. The minimum absolute atomic E-state index is 0.0569. The highest BCUT2D eigenvalue weighted by molar-refractivity contribution is 5.93. The van der Waals surface area contributed by atoms with Crippen LogP contribution in [0.25, 0.3) is 11.0 Å². The van der Waals surface area contributed by atoms with Crippen LogP contribution in [0.3, 0.4) is 0 Å². The van der Waals surface area contributed by atoms with Gasteiger partial charge in [0.25, 0.3) is 0 Å². The summed E-state index contributed by atoms with van der Waals surface area (Å²) in [4.78, 5) is 39.1. The highest BCUT2D eigenvalue weighted by Gasteiger charge is 2.23. The van der Waals surface area contributed by atoms with Gasteiger partial charge in [0.1, 0.15) is 0 Å². The van der Waals surface area contributed by atoms with Gasteiger partial charge in [0.15, 0.2) is 0 Å². The lowest BCUT2D eigenvalue weighted by molar-refractivity contribution is -0.119. The number of H-pyrrole nitrogens is 1. The number of likely N-dealkylation sites (tertiary alicyclic amines) is 1. The quantitative estimate of drug-likeness (QED) is 0.674. The molecule has 1 aromatic heterocycles. The van der Waals surface area contributed by atoms with E-state index >= 15 is 0 Å². The van der Waals surface area contributed by atoms with Gasteiger partial charge in [-0.3, -0.25) is 9.36 Å². The number of benzene rings is 1. The molecule has 22 heavy (non-hydrogen) atoms. The molecule has 2 aromatic rings. The Morgan fingerprint density at radius 1 is 1.36 bits per heavy atom. The lowest BCUT2D eigenvalue weighted by atomic mass is 10.0. The largest absolute Gasteiger partial charge is 0.465 e. The van der Waals surface area contributed by atoms with E-state index in [4.69, 9.17) is 0 Å². The van der Waals surface area contributed by atoms with Crippen molar-refractivity contribution in [1.82, 2.24) is 14.5 Å². The zero-order valence-electron chi connectivity index (χ0n) is 12.2. The van der Waals surface area contributed by atoms with Crippen LogP contribution in [0.4, 0.5) is 0 Å². The molecule has 0 unspecified atom stereocenters. The molecular formula is C15H17N3O4. The van der Waals surface area contributed by atoms with E-state index in [-0.39, 0.29) is 11.7 Å². The Kier molecular flexibility index (Phi) is 3.70. The van der Waals surface area contributed by atoms with Crippen molar-refractivity contribution in [1.29, 1.82) is 0 Å². The number of hydrogen-bond donors (Lipinski definition) is 1. The van der Waals surface area contributed by atoms with Gasteiger partial charge in [-0.25, -0.2) is 9.59 Å². The Morgan fingerprint density at radius 3 is 2.73 bits per heavy atom. The summed E-state index contributed by atoms with van der Waals surface area (Å²) in [6.07, 6.45) is 2.32. The van der Waals surface area contributed by atoms with Crippen LogP contribution in [-0.2, 0) is 9.53 Å². The van der Waals surface area contributed by atoms with E-state index in [1.165, 1.54) is 7.11 Å². The molecule has 1 N–H and O–H groups in total. The molecule has 0 atom stereocenters. The van der Waals surface area contributed by atoms with E-state index in [1.54, 1.807) is 27.7 Å². The molecule has 1 aliphatic rings. The van der Waals surface area contributed by atoms with Gasteiger partial charge in [0.05, 0.1) is 23.7 Å². The Morgan fingerprint density at radius 2 is 2.09 bits per heavy atom. The van der Waals surface area contributed by atoms with Gasteiger partial charge in [0, 0.05) is 19.1 Å². The standard InChI is InChI=1S/C15H17N3O4/c1-22-14(20)10-2-3-13-12(8-10)16-15(21)18(13)11-4-6-17(9-19)7-5-11/h2-3,8-9,11H,4-7H2,1H3,(H,16,21). The molecule has 3 rings (SSSR count). The van der Waals surface area contributed by atoms with Crippen LogP contribution >= 0.6 is 0 Å². The van der Waals surface area contributed by atoms with Gasteiger partial charge in [-0.2, -0.15) is 0 Å². The minimum Gasteiger partial charge on any atom is -0.465 e. The van der Waals surface area contributed by atoms with Gasteiger partial charge in [-0.05, 0) is 31.0 Å². The van der Waals surface area contributed by atoms with Crippen molar-refractivity contribution in [2.45, 2.75) is 18.9 Å². The van der Waals surface area contributed by atoms with Crippen molar-refractivity contribution in [2.75, 3.05) is 20.2 Å². The SMILES string of the molecule is COC(=O)c1ccc2c(c1)[nH]c(=O)n2C1CCN(C=O)CC1. The number of methoxy groups -OCH3 is 1. The molecule has 1 amide bonds. The van der Waals surface area contributed by atoms with E-state index in [9.17, 15) is 14.4 Å². The zero-order chi connectivity index (χ0) is 15.7. The Hall–Kier alpha value is -2.57. The first-order chi connectivity index (χ1) is 10.6. The molecule has 1 aromatic carbocycles. The van der Waals surface area contributed by atoms with Crippen LogP contribution in [0.5, 0.6) is 0 Å². The van der Waals surface area contributed by atoms with E-state index in [2.05, 4.69) is 9.72 Å². The van der Waals surface area contributed by atoms with Crippen molar-refractivity contribution in [3.8, 4) is 0 Å². The molecule has 116 valence electrons. The lowest BCUT2D eigenvalue weighted by Gasteiger charge is -2.29. The number of nitrogens with one attached hydrogen (secondary N) is 1. The maximum Gasteiger partial charge on any atom is 0.337 e. The van der Waals surface area contributed by atoms with Crippen LogP contribution in [0.15, 0.2) is 23.0 Å². The lowest BCUT2D eigenvalue weighted by Crippen LogP contribution is -2.36. The van der Waals surface area contributed by atoms with Crippen molar-refractivity contribution in [3.05, 3.63) is 34.2 Å². The number of esters is 1. The summed E-state index contributed by atoms with van der Waals surface area (Å²) in [5.41, 5.74) is 1.59. The van der Waals surface area contributed by atoms with Gasteiger partial charge in [-0.15, -0.1) is 0 Å². The van der Waals surface area contributed by atoms with Gasteiger partial charge < -0.3 is 14.6 Å². The molecule has 1 aliphatic heterocycles. The Balaban J connectivity index is 1.97. The van der Waals surface area contributed by atoms with E-state index in [0.717, 1.165) is 24.8 Å². The van der Waals surface area contributed by atoms with Crippen molar-refractivity contribution < 1.29 is 14.3 Å². The summed E-state index contributed by atoms with van der Waals surface area (Å²) in [6.45, 7) is 1.29. The molecule has 0 aliphatic carbocycles. The summed E-state index contributed by atoms with van der Waals surface area (Å²) < 4.78 is 6.41. The number of carbonyl (C=O) groups excluding carboxylic acids is 2. The number of hydrogen-bond acceptors (Lipinski definition) is 4. The number of nitrogens with zero attached hydrogens (tertiary/aromatic N) is 2. The van der Waals surface area contributed by atoms with Crippen molar-refractivity contribution in [2.24, 2.45) is 0 Å². The van der Waals surface area contributed by atoms with E-state index in [0.29, 0.717) is 24.2 Å². The Bertz CT molecular complexity index is 769. The van der Waals surface area contributed by atoms with Crippen LogP contribution in [0.2, 0.25) is 0 Å². The molecule has 0 bridgehead atoms. The molecule has 1 saturated heterocycles. The fraction of sp³-hybridized carbons (Fsp3) is 0.400. The number of piperidine rings is 1. The second kappa shape index (κ2) is 5.67. The van der Waals surface area contributed by atoms with Gasteiger partial charge in [0.2, 0.25) is 6.41 Å². The fourth-order valence-electron chi connectivity index (χ4n) is 2.99. The number of fused-ring (bicyclic) bond motifs is 1. The zero-order valence-corrected chi connectivity index (χ0v) is 12.2. The first kappa shape index (κ1) is 14.4. The average Bonchev–Trinajstić information content (AvgIpc) is 2.89. The summed E-state index contributed by atoms with van der Waals surface area (Å²) >= 11 is 0. The van der Waals surface area contributed by atoms with Crippen LogP contribution < -0.4 is 5.69 Å². The first-order valence-electron chi connectivity index (χ1n) is 7.16. The predicted octanol–water partition coefficient (Wildman–Crippen LogP) is 0.909. The van der Waals surface area contributed by atoms with Gasteiger partial charge in [-0.1, -0.05) is 0 Å². The number of carbonyl (C=O) groups is 2. The topological polar surface area (TPSA) is 84.4 Å². The van der Waals surface area contributed by atoms with Crippen LogP contribution in [0.1, 0.15) is 29.2 Å². The highest BCUT2D eigenvalue weighted by Crippen LogP contribution is 2.24. The third-order valence-electron chi connectivity index (χ3n) is 4.15. The number of amides is 1.